The number of aliphatic carboxylic acids is 1. The first-order chi connectivity index (χ1) is 6.22. The van der Waals surface area contributed by atoms with Crippen molar-refractivity contribution in [2.75, 3.05) is 0 Å². The van der Waals surface area contributed by atoms with E-state index in [0.29, 0.717) is 5.56 Å². The van der Waals surface area contributed by atoms with Crippen LogP contribution in [-0.4, -0.2) is 20.9 Å². The molecule has 0 radical (unpaired) electrons. The zero-order valence-corrected chi connectivity index (χ0v) is 7.32. The molecular formula is C9H10N2O2. The normalized spacial score (nSPS) is 9.00. The fourth-order valence-corrected chi connectivity index (χ4v) is 0.905. The highest BCUT2D eigenvalue weighted by atomic mass is 16.4. The van der Waals surface area contributed by atoms with Gasteiger partial charge in [-0.05, 0) is 6.42 Å². The van der Waals surface area contributed by atoms with E-state index in [1.54, 1.807) is 17.1 Å². The van der Waals surface area contributed by atoms with Crippen LogP contribution in [0.3, 0.4) is 0 Å². The predicted molar refractivity (Wildman–Crippen MR) is 47.0 cm³/mol. The van der Waals surface area contributed by atoms with E-state index in [1.165, 1.54) is 0 Å². The average molecular weight is 178 g/mol. The Kier molecular flexibility index (Phi) is 3.09. The van der Waals surface area contributed by atoms with E-state index in [4.69, 9.17) is 5.11 Å². The molecule has 0 bridgehead atoms. The molecule has 4 heteroatoms. The summed E-state index contributed by atoms with van der Waals surface area (Å²) in [5, 5.41) is 12.3. The summed E-state index contributed by atoms with van der Waals surface area (Å²) in [6.07, 6.45) is 4.29. The molecule has 0 aliphatic carbocycles. The summed E-state index contributed by atoms with van der Waals surface area (Å²) in [5.41, 5.74) is 0.635. The number of aromatic nitrogens is 2. The fraction of sp³-hybridized carbons (Fsp3) is 0.333. The van der Waals surface area contributed by atoms with Crippen LogP contribution < -0.4 is 0 Å². The summed E-state index contributed by atoms with van der Waals surface area (Å²) in [4.78, 5) is 10.1. The summed E-state index contributed by atoms with van der Waals surface area (Å²) < 4.78 is 1.74. The lowest BCUT2D eigenvalue weighted by atomic mass is 10.3. The average Bonchev–Trinajstić information content (AvgIpc) is 2.50. The quantitative estimate of drug-likeness (QED) is 0.679. The van der Waals surface area contributed by atoms with E-state index in [2.05, 4.69) is 11.0 Å². The van der Waals surface area contributed by atoms with Gasteiger partial charge in [0.1, 0.15) is 0 Å². The molecule has 0 saturated heterocycles. The number of hydrogen-bond donors (Lipinski definition) is 1. The highest BCUT2D eigenvalue weighted by Crippen LogP contribution is 1.95. The number of aryl methyl sites for hydroxylation is 1. The van der Waals surface area contributed by atoms with Gasteiger partial charge < -0.3 is 5.11 Å². The Morgan fingerprint density at radius 3 is 3.15 bits per heavy atom. The van der Waals surface area contributed by atoms with Gasteiger partial charge in [0.2, 0.25) is 0 Å². The third-order valence-electron chi connectivity index (χ3n) is 1.40. The molecule has 0 saturated carbocycles. The molecule has 1 aromatic heterocycles. The van der Waals surface area contributed by atoms with Crippen molar-refractivity contribution in [3.8, 4) is 11.8 Å². The number of carboxylic acids is 1. The maximum atomic E-state index is 10.1. The van der Waals surface area contributed by atoms with Crippen molar-refractivity contribution < 1.29 is 9.90 Å². The number of carboxylic acid groups (broad SMARTS) is 1. The van der Waals surface area contributed by atoms with Gasteiger partial charge >= 0.3 is 5.97 Å². The lowest BCUT2D eigenvalue weighted by molar-refractivity contribution is -0.130. The predicted octanol–water partition coefficient (Wildman–Crippen LogP) is 0.729. The van der Waals surface area contributed by atoms with Crippen LogP contribution in [0.4, 0.5) is 0 Å². The van der Waals surface area contributed by atoms with Gasteiger partial charge in [0.05, 0.1) is 11.8 Å². The van der Waals surface area contributed by atoms with Crippen LogP contribution in [0, 0.1) is 11.8 Å². The molecule has 1 rings (SSSR count). The van der Waals surface area contributed by atoms with Crippen molar-refractivity contribution in [1.82, 2.24) is 9.78 Å². The Bertz CT molecular complexity index is 357. The van der Waals surface area contributed by atoms with E-state index in [9.17, 15) is 4.79 Å². The Morgan fingerprint density at radius 2 is 2.54 bits per heavy atom. The van der Waals surface area contributed by atoms with Crippen molar-refractivity contribution in [2.45, 2.75) is 19.9 Å². The highest BCUT2D eigenvalue weighted by molar-refractivity contribution is 5.87. The first kappa shape index (κ1) is 9.33. The van der Waals surface area contributed by atoms with Crippen LogP contribution in [-0.2, 0) is 11.3 Å². The number of hydrogen-bond acceptors (Lipinski definition) is 2. The summed E-state index contributed by atoms with van der Waals surface area (Å²) in [7, 11) is 0. The van der Waals surface area contributed by atoms with E-state index >= 15 is 0 Å². The lowest BCUT2D eigenvalue weighted by Gasteiger charge is -1.93. The third kappa shape index (κ3) is 2.99. The zero-order chi connectivity index (χ0) is 9.68. The highest BCUT2D eigenvalue weighted by Gasteiger charge is 1.93. The first-order valence-electron chi connectivity index (χ1n) is 3.99. The van der Waals surface area contributed by atoms with Gasteiger partial charge in [-0.1, -0.05) is 12.8 Å². The smallest absolute Gasteiger partial charge is 0.382 e. The van der Waals surface area contributed by atoms with Crippen LogP contribution in [0.5, 0.6) is 0 Å². The Hall–Kier alpha value is -1.76. The van der Waals surface area contributed by atoms with E-state index in [0.717, 1.165) is 13.0 Å². The SMILES string of the molecule is CCCn1cc(C#CC(=O)O)cn1. The minimum Gasteiger partial charge on any atom is -0.472 e. The Balaban J connectivity index is 2.70. The minimum absolute atomic E-state index is 0.635. The molecule has 0 spiro atoms. The summed E-state index contributed by atoms with van der Waals surface area (Å²) in [6.45, 7) is 2.87. The molecule has 0 unspecified atom stereocenters. The van der Waals surface area contributed by atoms with E-state index < -0.39 is 5.97 Å². The maximum absolute atomic E-state index is 10.1. The topological polar surface area (TPSA) is 55.1 Å². The first-order valence-corrected chi connectivity index (χ1v) is 3.99. The number of rotatable bonds is 2. The molecule has 1 heterocycles. The van der Waals surface area contributed by atoms with Crippen molar-refractivity contribution in [3.05, 3.63) is 18.0 Å². The molecule has 4 nitrogen and oxygen atoms in total. The van der Waals surface area contributed by atoms with Crippen LogP contribution >= 0.6 is 0 Å². The van der Waals surface area contributed by atoms with Gasteiger partial charge in [-0.15, -0.1) is 0 Å². The van der Waals surface area contributed by atoms with Crippen LogP contribution in [0.1, 0.15) is 18.9 Å². The molecule has 68 valence electrons. The van der Waals surface area contributed by atoms with Crippen molar-refractivity contribution in [3.63, 3.8) is 0 Å². The fourth-order valence-electron chi connectivity index (χ4n) is 0.905. The van der Waals surface area contributed by atoms with Crippen LogP contribution in [0.25, 0.3) is 0 Å². The molecule has 1 N–H and O–H groups in total. The molecule has 0 amide bonds. The molecular weight excluding hydrogens is 168 g/mol. The summed E-state index contributed by atoms with van der Waals surface area (Å²) in [5.74, 6) is 3.40. The lowest BCUT2D eigenvalue weighted by Crippen LogP contribution is -1.95. The van der Waals surface area contributed by atoms with E-state index in [1.807, 2.05) is 12.8 Å². The van der Waals surface area contributed by atoms with Crippen LogP contribution in [0.2, 0.25) is 0 Å². The molecule has 0 aromatic carbocycles. The van der Waals surface area contributed by atoms with E-state index in [-0.39, 0.29) is 0 Å². The summed E-state index contributed by atoms with van der Waals surface area (Å²) in [6, 6.07) is 0. The van der Waals surface area contributed by atoms with Gasteiger partial charge in [-0.25, -0.2) is 4.79 Å². The monoisotopic (exact) mass is 178 g/mol. The van der Waals surface area contributed by atoms with Gasteiger partial charge in [-0.3, -0.25) is 4.68 Å². The molecule has 1 aromatic rings. The largest absolute Gasteiger partial charge is 0.472 e. The molecule has 13 heavy (non-hydrogen) atoms. The number of carbonyl (C=O) groups is 1. The standard InChI is InChI=1S/C9H10N2O2/c1-2-5-11-7-8(6-10-11)3-4-9(12)13/h6-7H,2,5H2,1H3,(H,12,13). The summed E-state index contributed by atoms with van der Waals surface area (Å²) >= 11 is 0. The Morgan fingerprint density at radius 1 is 1.77 bits per heavy atom. The van der Waals surface area contributed by atoms with Crippen molar-refractivity contribution in [2.24, 2.45) is 0 Å². The second-order valence-electron chi connectivity index (χ2n) is 2.55. The number of nitrogens with zero attached hydrogens (tertiary/aromatic N) is 2. The minimum atomic E-state index is -1.12. The van der Waals surface area contributed by atoms with Gasteiger partial charge in [0, 0.05) is 18.7 Å². The Labute approximate surface area is 76.2 Å². The van der Waals surface area contributed by atoms with Crippen molar-refractivity contribution in [1.29, 1.82) is 0 Å². The van der Waals surface area contributed by atoms with Crippen molar-refractivity contribution >= 4 is 5.97 Å². The van der Waals surface area contributed by atoms with Gasteiger partial charge in [0.15, 0.2) is 0 Å². The second-order valence-corrected chi connectivity index (χ2v) is 2.55. The third-order valence-corrected chi connectivity index (χ3v) is 1.40. The molecule has 0 aliphatic rings. The molecule has 0 atom stereocenters. The van der Waals surface area contributed by atoms with Crippen LogP contribution in [0.15, 0.2) is 12.4 Å². The molecule has 0 fully saturated rings. The zero-order valence-electron chi connectivity index (χ0n) is 7.32. The molecule has 0 aliphatic heterocycles. The van der Waals surface area contributed by atoms with Gasteiger partial charge in [0.25, 0.3) is 0 Å². The van der Waals surface area contributed by atoms with Gasteiger partial charge in [-0.2, -0.15) is 5.10 Å². The maximum Gasteiger partial charge on any atom is 0.382 e. The second kappa shape index (κ2) is 4.31.